The number of nitrogens with one attached hydrogen (secondary N) is 2. The molecule has 7 nitrogen and oxygen atoms in total. The van der Waals surface area contributed by atoms with E-state index in [-0.39, 0.29) is 16.8 Å². The Bertz CT molecular complexity index is 729. The van der Waals surface area contributed by atoms with E-state index in [0.717, 1.165) is 5.56 Å². The first-order valence-electron chi connectivity index (χ1n) is 8.41. The number of carbonyl (C=O) groups excluding carboxylic acids is 1. The molecular weight excluding hydrogens is 340 g/mol. The molecule has 1 aliphatic heterocycles. The average molecular weight is 366 g/mol. The van der Waals surface area contributed by atoms with Crippen LogP contribution in [0.5, 0.6) is 0 Å². The molecule has 0 aromatic heterocycles. The Kier molecular flexibility index (Phi) is 6.05. The largest absolute Gasteiger partial charge is 0.356 e. The van der Waals surface area contributed by atoms with Crippen molar-refractivity contribution in [2.24, 2.45) is 5.92 Å². The molecule has 1 aromatic rings. The molecule has 0 radical (unpaired) electrons. The van der Waals surface area contributed by atoms with Gasteiger partial charge in [0.2, 0.25) is 11.9 Å². The highest BCUT2D eigenvalue weighted by Crippen LogP contribution is 2.21. The van der Waals surface area contributed by atoms with Gasteiger partial charge in [-0.15, -0.1) is 0 Å². The van der Waals surface area contributed by atoms with Gasteiger partial charge in [0.1, 0.15) is 0 Å². The summed E-state index contributed by atoms with van der Waals surface area (Å²) in [6, 6.07) is 6.63. The van der Waals surface area contributed by atoms with Gasteiger partial charge in [-0.3, -0.25) is 10.2 Å². The third-order valence-electron chi connectivity index (χ3n) is 3.99. The second-order valence-electron chi connectivity index (χ2n) is 6.62. The predicted molar refractivity (Wildman–Crippen MR) is 96.9 cm³/mol. The SMILES string of the molecule is CC(=O)NCCc1ccc(S(=O)(=O)N2CCN(CC(C)C)C2=N)cc1. The summed E-state index contributed by atoms with van der Waals surface area (Å²) >= 11 is 0. The fraction of sp³-hybridized carbons (Fsp3) is 0.529. The number of nitrogens with zero attached hydrogens (tertiary/aromatic N) is 2. The lowest BCUT2D eigenvalue weighted by Gasteiger charge is -2.23. The second-order valence-corrected chi connectivity index (χ2v) is 8.48. The molecular formula is C17H26N4O3S. The zero-order valence-corrected chi connectivity index (χ0v) is 15.8. The standard InChI is InChI=1S/C17H26N4O3S/c1-13(2)12-20-10-11-21(17(20)18)25(23,24)16-6-4-15(5-7-16)8-9-19-14(3)22/h4-7,13,18H,8-12H2,1-3H3,(H,19,22). The van der Waals surface area contributed by atoms with Crippen LogP contribution in [0.25, 0.3) is 0 Å². The summed E-state index contributed by atoms with van der Waals surface area (Å²) in [6.45, 7) is 7.59. The number of benzene rings is 1. The van der Waals surface area contributed by atoms with Crippen LogP contribution in [-0.4, -0.2) is 55.7 Å². The Morgan fingerprint density at radius 2 is 1.88 bits per heavy atom. The van der Waals surface area contributed by atoms with Crippen molar-refractivity contribution in [3.05, 3.63) is 29.8 Å². The minimum absolute atomic E-state index is 0.0448. The fourth-order valence-electron chi connectivity index (χ4n) is 2.77. The molecule has 0 aliphatic carbocycles. The van der Waals surface area contributed by atoms with Crippen LogP contribution in [0.2, 0.25) is 0 Å². The zero-order chi connectivity index (χ0) is 18.6. The summed E-state index contributed by atoms with van der Waals surface area (Å²) in [6.07, 6.45) is 0.640. The Labute approximate surface area is 149 Å². The van der Waals surface area contributed by atoms with Crippen LogP contribution in [0.1, 0.15) is 26.3 Å². The maximum Gasteiger partial charge on any atom is 0.266 e. The molecule has 1 amide bonds. The molecule has 0 saturated carbocycles. The van der Waals surface area contributed by atoms with E-state index in [1.165, 1.54) is 11.2 Å². The quantitative estimate of drug-likeness (QED) is 0.760. The molecule has 1 aromatic carbocycles. The third kappa shape index (κ3) is 4.72. The molecule has 1 saturated heterocycles. The van der Waals surface area contributed by atoms with Gasteiger partial charge in [-0.05, 0) is 30.0 Å². The van der Waals surface area contributed by atoms with Gasteiger partial charge in [-0.25, -0.2) is 12.7 Å². The van der Waals surface area contributed by atoms with Crippen LogP contribution >= 0.6 is 0 Å². The fourth-order valence-corrected chi connectivity index (χ4v) is 4.17. The number of sulfonamides is 1. The van der Waals surface area contributed by atoms with Crippen LogP contribution in [0, 0.1) is 11.3 Å². The van der Waals surface area contributed by atoms with E-state index in [9.17, 15) is 13.2 Å². The van der Waals surface area contributed by atoms with Crippen molar-refractivity contribution < 1.29 is 13.2 Å². The number of amides is 1. The Morgan fingerprint density at radius 1 is 1.24 bits per heavy atom. The maximum atomic E-state index is 12.8. The van der Waals surface area contributed by atoms with Crippen molar-refractivity contribution in [3.8, 4) is 0 Å². The second kappa shape index (κ2) is 7.86. The van der Waals surface area contributed by atoms with E-state index in [4.69, 9.17) is 5.41 Å². The topological polar surface area (TPSA) is 93.6 Å². The van der Waals surface area contributed by atoms with Gasteiger partial charge in [0.15, 0.2) is 0 Å². The van der Waals surface area contributed by atoms with Crippen molar-refractivity contribution in [3.63, 3.8) is 0 Å². The van der Waals surface area contributed by atoms with E-state index in [1.807, 2.05) is 13.8 Å². The first-order chi connectivity index (χ1) is 11.7. The Balaban J connectivity index is 2.07. The summed E-state index contributed by atoms with van der Waals surface area (Å²) in [5, 5.41) is 10.9. The lowest BCUT2D eigenvalue weighted by molar-refractivity contribution is -0.118. The summed E-state index contributed by atoms with van der Waals surface area (Å²) in [4.78, 5) is 12.9. The van der Waals surface area contributed by atoms with Gasteiger partial charge in [-0.2, -0.15) is 0 Å². The van der Waals surface area contributed by atoms with Crippen LogP contribution in [-0.2, 0) is 21.2 Å². The molecule has 1 aliphatic rings. The Morgan fingerprint density at radius 3 is 2.44 bits per heavy atom. The first-order valence-corrected chi connectivity index (χ1v) is 9.85. The predicted octanol–water partition coefficient (Wildman–Crippen LogP) is 1.26. The van der Waals surface area contributed by atoms with Gasteiger partial charge >= 0.3 is 0 Å². The highest BCUT2D eigenvalue weighted by atomic mass is 32.2. The minimum Gasteiger partial charge on any atom is -0.356 e. The third-order valence-corrected chi connectivity index (χ3v) is 5.80. The van der Waals surface area contributed by atoms with E-state index in [2.05, 4.69) is 5.32 Å². The number of rotatable bonds is 7. The monoisotopic (exact) mass is 366 g/mol. The van der Waals surface area contributed by atoms with Crippen LogP contribution in [0.4, 0.5) is 0 Å². The van der Waals surface area contributed by atoms with E-state index in [1.54, 1.807) is 29.2 Å². The van der Waals surface area contributed by atoms with Crippen LogP contribution in [0.15, 0.2) is 29.2 Å². The molecule has 0 spiro atoms. The smallest absolute Gasteiger partial charge is 0.266 e. The van der Waals surface area contributed by atoms with Gasteiger partial charge in [0.25, 0.3) is 10.0 Å². The first kappa shape index (κ1) is 19.2. The van der Waals surface area contributed by atoms with E-state index < -0.39 is 10.0 Å². The molecule has 8 heteroatoms. The van der Waals surface area contributed by atoms with E-state index >= 15 is 0 Å². The highest BCUT2D eigenvalue weighted by molar-refractivity contribution is 7.89. The molecule has 25 heavy (non-hydrogen) atoms. The van der Waals surface area contributed by atoms with Crippen molar-refractivity contribution in [1.29, 1.82) is 5.41 Å². The summed E-state index contributed by atoms with van der Waals surface area (Å²) in [5.41, 5.74) is 0.950. The normalized spacial score (nSPS) is 15.1. The van der Waals surface area contributed by atoms with Gasteiger partial charge in [0.05, 0.1) is 11.4 Å². The molecule has 0 atom stereocenters. The van der Waals surface area contributed by atoms with Crippen molar-refractivity contribution in [2.75, 3.05) is 26.2 Å². The number of hydrogen-bond donors (Lipinski definition) is 2. The van der Waals surface area contributed by atoms with Crippen molar-refractivity contribution in [2.45, 2.75) is 32.1 Å². The molecule has 138 valence electrons. The number of carbonyl (C=O) groups is 1. The molecule has 0 bridgehead atoms. The van der Waals surface area contributed by atoms with Crippen molar-refractivity contribution >= 4 is 21.9 Å². The number of guanidine groups is 1. The number of hydrogen-bond acceptors (Lipinski definition) is 4. The zero-order valence-electron chi connectivity index (χ0n) is 14.9. The molecule has 2 rings (SSSR count). The highest BCUT2D eigenvalue weighted by Gasteiger charge is 2.35. The Hall–Kier alpha value is -2.09. The van der Waals surface area contributed by atoms with Gasteiger partial charge in [0, 0.05) is 26.6 Å². The molecule has 1 fully saturated rings. The average Bonchev–Trinajstić information content (AvgIpc) is 2.88. The lowest BCUT2D eigenvalue weighted by atomic mass is 10.1. The molecule has 1 heterocycles. The lowest BCUT2D eigenvalue weighted by Crippen LogP contribution is -2.38. The summed E-state index contributed by atoms with van der Waals surface area (Å²) in [5.74, 6) is 0.326. The van der Waals surface area contributed by atoms with E-state index in [0.29, 0.717) is 38.5 Å². The maximum absolute atomic E-state index is 12.8. The molecule has 0 unspecified atom stereocenters. The minimum atomic E-state index is -3.71. The van der Waals surface area contributed by atoms with Gasteiger partial charge in [-0.1, -0.05) is 26.0 Å². The molecule has 2 N–H and O–H groups in total. The van der Waals surface area contributed by atoms with Gasteiger partial charge < -0.3 is 10.2 Å². The summed E-state index contributed by atoms with van der Waals surface area (Å²) < 4.78 is 26.8. The van der Waals surface area contributed by atoms with Crippen molar-refractivity contribution in [1.82, 2.24) is 14.5 Å². The van der Waals surface area contributed by atoms with Crippen LogP contribution < -0.4 is 5.32 Å². The summed E-state index contributed by atoms with van der Waals surface area (Å²) in [7, 11) is -3.71. The van der Waals surface area contributed by atoms with Crippen LogP contribution in [0.3, 0.4) is 0 Å².